The van der Waals surface area contributed by atoms with Crippen LogP contribution in [0.4, 0.5) is 0 Å². The van der Waals surface area contributed by atoms with Gasteiger partial charge in [-0.05, 0) is 20.4 Å². The van der Waals surface area contributed by atoms with Crippen molar-refractivity contribution in [3.05, 3.63) is 11.4 Å². The molecule has 1 heterocycles. The van der Waals surface area contributed by atoms with Gasteiger partial charge >= 0.3 is 0 Å². The van der Waals surface area contributed by atoms with Crippen molar-refractivity contribution < 1.29 is 4.74 Å². The van der Waals surface area contributed by atoms with Crippen molar-refractivity contribution in [2.24, 2.45) is 5.73 Å². The number of nitrogens with zero attached hydrogens (tertiary/aromatic N) is 3. The third kappa shape index (κ3) is 2.30. The van der Waals surface area contributed by atoms with Crippen LogP contribution in [0.1, 0.15) is 31.3 Å². The number of hydrogen-bond acceptors (Lipinski definition) is 4. The molecule has 80 valence electrons. The Bertz CT molecular complexity index is 282. The summed E-state index contributed by atoms with van der Waals surface area (Å²) in [7, 11) is 1.67. The molecule has 0 bridgehead atoms. The van der Waals surface area contributed by atoms with Crippen LogP contribution in [-0.4, -0.2) is 28.6 Å². The molecule has 0 atom stereocenters. The van der Waals surface area contributed by atoms with Gasteiger partial charge < -0.3 is 10.5 Å². The van der Waals surface area contributed by atoms with Gasteiger partial charge in [-0.25, -0.2) is 4.68 Å². The molecule has 0 aliphatic carbocycles. The smallest absolute Gasteiger partial charge is 0.0900 e. The first-order valence-electron chi connectivity index (χ1n) is 4.82. The third-order valence-electron chi connectivity index (χ3n) is 2.02. The topological polar surface area (TPSA) is 66.0 Å². The Kier molecular flexibility index (Phi) is 4.03. The average molecular weight is 198 g/mol. The van der Waals surface area contributed by atoms with Gasteiger partial charge in [0, 0.05) is 19.6 Å². The average Bonchev–Trinajstić information content (AvgIpc) is 2.50. The molecular formula is C9H18N4O. The van der Waals surface area contributed by atoms with E-state index in [1.807, 2.05) is 4.68 Å². The Morgan fingerprint density at radius 3 is 2.71 bits per heavy atom. The highest BCUT2D eigenvalue weighted by atomic mass is 16.5. The Morgan fingerprint density at radius 2 is 2.21 bits per heavy atom. The summed E-state index contributed by atoms with van der Waals surface area (Å²) in [6.07, 6.45) is 0.755. The molecule has 1 aromatic rings. The summed E-state index contributed by atoms with van der Waals surface area (Å²) < 4.78 is 7.01. The molecule has 1 aromatic heterocycles. The van der Waals surface area contributed by atoms with Crippen LogP contribution in [0.3, 0.4) is 0 Å². The van der Waals surface area contributed by atoms with Crippen LogP contribution in [0.2, 0.25) is 0 Å². The van der Waals surface area contributed by atoms with Gasteiger partial charge in [-0.2, -0.15) is 0 Å². The van der Waals surface area contributed by atoms with Crippen LogP contribution >= 0.6 is 0 Å². The van der Waals surface area contributed by atoms with Crippen molar-refractivity contribution in [2.45, 2.75) is 32.9 Å². The zero-order valence-electron chi connectivity index (χ0n) is 9.03. The van der Waals surface area contributed by atoms with E-state index >= 15 is 0 Å². The van der Waals surface area contributed by atoms with Gasteiger partial charge in [0.25, 0.3) is 0 Å². The van der Waals surface area contributed by atoms with Crippen molar-refractivity contribution >= 4 is 0 Å². The molecule has 0 saturated carbocycles. The van der Waals surface area contributed by atoms with Gasteiger partial charge in [-0.1, -0.05) is 5.21 Å². The van der Waals surface area contributed by atoms with Gasteiger partial charge in [0.15, 0.2) is 0 Å². The standard InChI is InChI=1S/C9H18N4O/c1-7(2)13-9(6-14-3)8(4-5-10)11-12-13/h7H,4-6,10H2,1-3H3. The molecule has 0 aliphatic heterocycles. The minimum absolute atomic E-state index is 0.305. The lowest BCUT2D eigenvalue weighted by atomic mass is 10.2. The van der Waals surface area contributed by atoms with E-state index in [0.717, 1.165) is 17.8 Å². The van der Waals surface area contributed by atoms with E-state index in [1.165, 1.54) is 0 Å². The molecule has 5 heteroatoms. The van der Waals surface area contributed by atoms with Crippen LogP contribution in [-0.2, 0) is 17.8 Å². The fourth-order valence-corrected chi connectivity index (χ4v) is 1.38. The molecule has 1 rings (SSSR count). The SMILES string of the molecule is COCc1c(CCN)nnn1C(C)C. The lowest BCUT2D eigenvalue weighted by molar-refractivity contribution is 0.174. The van der Waals surface area contributed by atoms with E-state index in [9.17, 15) is 0 Å². The van der Waals surface area contributed by atoms with E-state index in [4.69, 9.17) is 10.5 Å². The van der Waals surface area contributed by atoms with Crippen molar-refractivity contribution in [1.82, 2.24) is 15.0 Å². The highest BCUT2D eigenvalue weighted by molar-refractivity contribution is 5.10. The summed E-state index contributed by atoms with van der Waals surface area (Å²) in [6.45, 7) is 5.27. The van der Waals surface area contributed by atoms with E-state index in [-0.39, 0.29) is 0 Å². The second kappa shape index (κ2) is 5.07. The fraction of sp³-hybridized carbons (Fsp3) is 0.778. The molecule has 2 N–H and O–H groups in total. The molecule has 0 fully saturated rings. The molecule has 0 spiro atoms. The highest BCUT2D eigenvalue weighted by Crippen LogP contribution is 2.12. The Morgan fingerprint density at radius 1 is 1.50 bits per heavy atom. The zero-order chi connectivity index (χ0) is 10.6. The number of hydrogen-bond donors (Lipinski definition) is 1. The molecule has 0 aliphatic rings. The highest BCUT2D eigenvalue weighted by Gasteiger charge is 2.13. The molecule has 5 nitrogen and oxygen atoms in total. The minimum Gasteiger partial charge on any atom is -0.378 e. The predicted molar refractivity (Wildman–Crippen MR) is 53.9 cm³/mol. The van der Waals surface area contributed by atoms with Crippen molar-refractivity contribution in [3.8, 4) is 0 Å². The van der Waals surface area contributed by atoms with Gasteiger partial charge in [-0.3, -0.25) is 0 Å². The molecule has 0 aromatic carbocycles. The Balaban J connectivity index is 2.94. The van der Waals surface area contributed by atoms with Gasteiger partial charge in [0.05, 0.1) is 18.0 Å². The third-order valence-corrected chi connectivity index (χ3v) is 2.02. The maximum absolute atomic E-state index is 5.49. The summed E-state index contributed by atoms with van der Waals surface area (Å²) in [5.74, 6) is 0. The molecule has 14 heavy (non-hydrogen) atoms. The summed E-state index contributed by atoms with van der Waals surface area (Å²) in [6, 6.07) is 0.305. The summed E-state index contributed by atoms with van der Waals surface area (Å²) in [4.78, 5) is 0. The minimum atomic E-state index is 0.305. The number of aromatic nitrogens is 3. The number of methoxy groups -OCH3 is 1. The first-order chi connectivity index (χ1) is 6.70. The van der Waals surface area contributed by atoms with Crippen LogP contribution in [0.25, 0.3) is 0 Å². The number of nitrogens with two attached hydrogens (primary N) is 1. The van der Waals surface area contributed by atoms with Crippen LogP contribution in [0.15, 0.2) is 0 Å². The van der Waals surface area contributed by atoms with Crippen LogP contribution < -0.4 is 5.73 Å². The van der Waals surface area contributed by atoms with E-state index in [1.54, 1.807) is 7.11 Å². The lowest BCUT2D eigenvalue weighted by Gasteiger charge is -2.09. The normalized spacial score (nSPS) is 11.2. The molecule has 0 radical (unpaired) electrons. The van der Waals surface area contributed by atoms with E-state index in [2.05, 4.69) is 24.2 Å². The van der Waals surface area contributed by atoms with Gasteiger partial charge in [-0.15, -0.1) is 5.10 Å². The summed E-state index contributed by atoms with van der Waals surface area (Å²) in [5.41, 5.74) is 7.48. The summed E-state index contributed by atoms with van der Waals surface area (Å²) in [5, 5.41) is 8.18. The van der Waals surface area contributed by atoms with Crippen LogP contribution in [0.5, 0.6) is 0 Å². The van der Waals surface area contributed by atoms with E-state index in [0.29, 0.717) is 19.2 Å². The van der Waals surface area contributed by atoms with Crippen LogP contribution in [0, 0.1) is 0 Å². The molecular weight excluding hydrogens is 180 g/mol. The number of rotatable bonds is 5. The Hall–Kier alpha value is -0.940. The van der Waals surface area contributed by atoms with Crippen molar-refractivity contribution in [3.63, 3.8) is 0 Å². The first-order valence-corrected chi connectivity index (χ1v) is 4.82. The maximum Gasteiger partial charge on any atom is 0.0900 e. The molecule has 0 amide bonds. The monoisotopic (exact) mass is 198 g/mol. The first kappa shape index (κ1) is 11.1. The maximum atomic E-state index is 5.49. The largest absolute Gasteiger partial charge is 0.378 e. The van der Waals surface area contributed by atoms with Crippen molar-refractivity contribution in [1.29, 1.82) is 0 Å². The van der Waals surface area contributed by atoms with E-state index < -0.39 is 0 Å². The summed E-state index contributed by atoms with van der Waals surface area (Å²) >= 11 is 0. The number of ether oxygens (including phenoxy) is 1. The molecule has 0 unspecified atom stereocenters. The lowest BCUT2D eigenvalue weighted by Crippen LogP contribution is -2.11. The second-order valence-corrected chi connectivity index (χ2v) is 3.49. The molecule has 0 saturated heterocycles. The predicted octanol–water partition coefficient (Wildman–Crippen LogP) is 0.507. The zero-order valence-corrected chi connectivity index (χ0v) is 9.03. The second-order valence-electron chi connectivity index (χ2n) is 3.49. The quantitative estimate of drug-likeness (QED) is 0.748. The van der Waals surface area contributed by atoms with Gasteiger partial charge in [0.1, 0.15) is 0 Å². The van der Waals surface area contributed by atoms with Gasteiger partial charge in [0.2, 0.25) is 0 Å². The Labute approximate surface area is 84.2 Å². The fourth-order valence-electron chi connectivity index (χ4n) is 1.38. The van der Waals surface area contributed by atoms with Crippen molar-refractivity contribution in [2.75, 3.05) is 13.7 Å².